The van der Waals surface area contributed by atoms with Crippen LogP contribution in [-0.2, 0) is 12.8 Å². The molecule has 0 fully saturated rings. The molecule has 3 aromatic rings. The number of hydrogen-bond acceptors (Lipinski definition) is 1. The molecule has 20 heavy (non-hydrogen) atoms. The van der Waals surface area contributed by atoms with Crippen molar-refractivity contribution in [3.63, 3.8) is 0 Å². The Hall–Kier alpha value is -1.68. The second-order valence-corrected chi connectivity index (χ2v) is 5.58. The summed E-state index contributed by atoms with van der Waals surface area (Å²) in [6.07, 6.45) is 1.67. The van der Waals surface area contributed by atoms with E-state index in [0.717, 1.165) is 40.0 Å². The highest BCUT2D eigenvalue weighted by molar-refractivity contribution is 9.10. The Kier molecular flexibility index (Phi) is 3.57. The second kappa shape index (κ2) is 5.37. The van der Waals surface area contributed by atoms with Gasteiger partial charge in [0, 0.05) is 12.1 Å². The molecule has 0 saturated carbocycles. The molecule has 2 heterocycles. The molecular formula is C16H14BrFN2. The van der Waals surface area contributed by atoms with Crippen LogP contribution in [0.2, 0.25) is 0 Å². The van der Waals surface area contributed by atoms with Gasteiger partial charge in [-0.25, -0.2) is 9.37 Å². The van der Waals surface area contributed by atoms with Crippen molar-refractivity contribution in [1.29, 1.82) is 0 Å². The zero-order chi connectivity index (χ0) is 14.1. The molecule has 1 aromatic carbocycles. The van der Waals surface area contributed by atoms with Gasteiger partial charge in [0.2, 0.25) is 0 Å². The quantitative estimate of drug-likeness (QED) is 0.697. The van der Waals surface area contributed by atoms with Gasteiger partial charge >= 0.3 is 0 Å². The van der Waals surface area contributed by atoms with Gasteiger partial charge in [-0.05, 0) is 59.1 Å². The van der Waals surface area contributed by atoms with Crippen molar-refractivity contribution in [2.24, 2.45) is 0 Å². The molecule has 0 N–H and O–H groups in total. The maximum Gasteiger partial charge on any atom is 0.132 e. The van der Waals surface area contributed by atoms with Gasteiger partial charge in [-0.15, -0.1) is 0 Å². The maximum absolute atomic E-state index is 12.9. The Morgan fingerprint density at radius 3 is 2.60 bits per heavy atom. The molecule has 4 heteroatoms. The van der Waals surface area contributed by atoms with Gasteiger partial charge in [0.15, 0.2) is 0 Å². The minimum absolute atomic E-state index is 0.196. The van der Waals surface area contributed by atoms with Gasteiger partial charge in [-0.1, -0.05) is 18.2 Å². The molecule has 0 aliphatic rings. The van der Waals surface area contributed by atoms with Crippen molar-refractivity contribution >= 4 is 21.4 Å². The van der Waals surface area contributed by atoms with Crippen molar-refractivity contribution < 1.29 is 4.39 Å². The minimum atomic E-state index is -0.196. The van der Waals surface area contributed by atoms with Gasteiger partial charge in [0.1, 0.15) is 16.2 Å². The average Bonchev–Trinajstić information content (AvgIpc) is 2.77. The van der Waals surface area contributed by atoms with Crippen LogP contribution in [0, 0.1) is 12.7 Å². The third kappa shape index (κ3) is 2.48. The molecular weight excluding hydrogens is 319 g/mol. The molecule has 0 aliphatic carbocycles. The third-order valence-corrected chi connectivity index (χ3v) is 4.02. The zero-order valence-electron chi connectivity index (χ0n) is 11.1. The van der Waals surface area contributed by atoms with Gasteiger partial charge in [0.05, 0.1) is 5.52 Å². The molecule has 102 valence electrons. The van der Waals surface area contributed by atoms with E-state index in [-0.39, 0.29) is 5.82 Å². The number of hydrogen-bond donors (Lipinski definition) is 0. The molecule has 0 bridgehead atoms. The van der Waals surface area contributed by atoms with Gasteiger partial charge in [0.25, 0.3) is 0 Å². The molecule has 3 rings (SSSR count). The third-order valence-electron chi connectivity index (χ3n) is 3.43. The second-order valence-electron chi connectivity index (χ2n) is 4.83. The lowest BCUT2D eigenvalue weighted by molar-refractivity contribution is 0.627. The van der Waals surface area contributed by atoms with Crippen LogP contribution in [-0.4, -0.2) is 9.38 Å². The van der Waals surface area contributed by atoms with Crippen molar-refractivity contribution in [1.82, 2.24) is 9.38 Å². The fraction of sp³-hybridized carbons (Fsp3) is 0.188. The Bertz CT molecular complexity index is 747. The Morgan fingerprint density at radius 2 is 1.85 bits per heavy atom. The summed E-state index contributed by atoms with van der Waals surface area (Å²) in [5.41, 5.74) is 3.36. The first kappa shape index (κ1) is 13.3. The van der Waals surface area contributed by atoms with Crippen molar-refractivity contribution in [3.8, 4) is 0 Å². The SMILES string of the molecule is Cc1cccc2c(Br)nc(CCc3ccc(F)cc3)n12. The number of fused-ring (bicyclic) bond motifs is 1. The van der Waals surface area contributed by atoms with Crippen LogP contribution >= 0.6 is 15.9 Å². The van der Waals surface area contributed by atoms with E-state index in [1.54, 1.807) is 0 Å². The van der Waals surface area contributed by atoms with Crippen LogP contribution in [0.3, 0.4) is 0 Å². The van der Waals surface area contributed by atoms with Crippen LogP contribution in [0.4, 0.5) is 4.39 Å². The standard InChI is InChI=1S/C16H14BrFN2/c1-11-3-2-4-14-16(17)19-15(20(11)14)10-7-12-5-8-13(18)9-6-12/h2-6,8-9H,7,10H2,1H3. The van der Waals surface area contributed by atoms with E-state index >= 15 is 0 Å². The number of benzene rings is 1. The summed E-state index contributed by atoms with van der Waals surface area (Å²) < 4.78 is 15.9. The Morgan fingerprint density at radius 1 is 1.10 bits per heavy atom. The predicted octanol–water partition coefficient (Wildman–Crippen LogP) is 4.33. The highest BCUT2D eigenvalue weighted by Gasteiger charge is 2.10. The Balaban J connectivity index is 1.89. The molecule has 0 saturated heterocycles. The number of pyridine rings is 1. The van der Waals surface area contributed by atoms with Crippen LogP contribution in [0.5, 0.6) is 0 Å². The normalized spacial score (nSPS) is 11.2. The molecule has 0 atom stereocenters. The van der Waals surface area contributed by atoms with Crippen molar-refractivity contribution in [2.45, 2.75) is 19.8 Å². The zero-order valence-corrected chi connectivity index (χ0v) is 12.7. The first-order valence-corrected chi connectivity index (χ1v) is 7.31. The Labute approximate surface area is 125 Å². The maximum atomic E-state index is 12.9. The smallest absolute Gasteiger partial charge is 0.132 e. The van der Waals surface area contributed by atoms with E-state index in [1.807, 2.05) is 24.3 Å². The van der Waals surface area contributed by atoms with E-state index in [1.165, 1.54) is 12.1 Å². The van der Waals surface area contributed by atoms with E-state index < -0.39 is 0 Å². The lowest BCUT2D eigenvalue weighted by Crippen LogP contribution is -2.00. The summed E-state index contributed by atoms with van der Waals surface area (Å²) >= 11 is 3.51. The predicted molar refractivity (Wildman–Crippen MR) is 81.4 cm³/mol. The summed E-state index contributed by atoms with van der Waals surface area (Å²) in [7, 11) is 0. The lowest BCUT2D eigenvalue weighted by atomic mass is 10.1. The summed E-state index contributed by atoms with van der Waals surface area (Å²) in [5, 5.41) is 0. The largest absolute Gasteiger partial charge is 0.300 e. The lowest BCUT2D eigenvalue weighted by Gasteiger charge is -2.05. The van der Waals surface area contributed by atoms with E-state index in [9.17, 15) is 4.39 Å². The fourth-order valence-corrected chi connectivity index (χ4v) is 2.93. The molecule has 2 nitrogen and oxygen atoms in total. The van der Waals surface area contributed by atoms with Crippen molar-refractivity contribution in [2.75, 3.05) is 0 Å². The summed E-state index contributed by atoms with van der Waals surface area (Å²) in [4.78, 5) is 4.59. The van der Waals surface area contributed by atoms with E-state index in [0.29, 0.717) is 0 Å². The van der Waals surface area contributed by atoms with E-state index in [2.05, 4.69) is 38.3 Å². The molecule has 2 aromatic heterocycles. The molecule has 0 spiro atoms. The molecule has 0 aliphatic heterocycles. The van der Waals surface area contributed by atoms with E-state index in [4.69, 9.17) is 0 Å². The van der Waals surface area contributed by atoms with Gasteiger partial charge in [-0.2, -0.15) is 0 Å². The average molecular weight is 333 g/mol. The van der Waals surface area contributed by atoms with Gasteiger partial charge < -0.3 is 0 Å². The first-order chi connectivity index (χ1) is 9.65. The number of aromatic nitrogens is 2. The van der Waals surface area contributed by atoms with Crippen LogP contribution in [0.25, 0.3) is 5.52 Å². The monoisotopic (exact) mass is 332 g/mol. The van der Waals surface area contributed by atoms with Crippen LogP contribution in [0.15, 0.2) is 47.1 Å². The van der Waals surface area contributed by atoms with Crippen molar-refractivity contribution in [3.05, 3.63) is 70.0 Å². The molecule has 0 radical (unpaired) electrons. The number of imidazole rings is 1. The summed E-state index contributed by atoms with van der Waals surface area (Å²) in [5.74, 6) is 0.827. The number of rotatable bonds is 3. The first-order valence-electron chi connectivity index (χ1n) is 6.52. The van der Waals surface area contributed by atoms with Gasteiger partial charge in [-0.3, -0.25) is 4.40 Å². The summed E-state index contributed by atoms with van der Waals surface area (Å²) in [6.45, 7) is 2.07. The number of halogens is 2. The molecule has 0 unspecified atom stereocenters. The number of aryl methyl sites for hydroxylation is 3. The fourth-order valence-electron chi connectivity index (χ4n) is 2.42. The minimum Gasteiger partial charge on any atom is -0.300 e. The molecule has 0 amide bonds. The highest BCUT2D eigenvalue weighted by atomic mass is 79.9. The number of nitrogens with zero attached hydrogens (tertiary/aromatic N) is 2. The van der Waals surface area contributed by atoms with Crippen LogP contribution < -0.4 is 0 Å². The summed E-state index contributed by atoms with van der Waals surface area (Å²) in [6, 6.07) is 12.8. The highest BCUT2D eigenvalue weighted by Crippen LogP contribution is 2.21. The topological polar surface area (TPSA) is 17.3 Å². The van der Waals surface area contributed by atoms with Crippen LogP contribution in [0.1, 0.15) is 17.1 Å².